The Morgan fingerprint density at radius 1 is 1.37 bits per heavy atom. The Hall–Kier alpha value is -0.910. The van der Waals surface area contributed by atoms with Crippen molar-refractivity contribution in [2.45, 2.75) is 31.3 Å². The molecule has 1 heterocycles. The minimum absolute atomic E-state index is 0.175. The maximum absolute atomic E-state index is 12.0. The van der Waals surface area contributed by atoms with E-state index in [1.54, 1.807) is 19.2 Å². The molecule has 0 radical (unpaired) electrons. The number of ether oxygens (including phenoxy) is 3. The molecule has 0 aliphatic carbocycles. The van der Waals surface area contributed by atoms with Crippen molar-refractivity contribution in [3.8, 4) is 0 Å². The van der Waals surface area contributed by atoms with E-state index in [0.717, 1.165) is 12.8 Å². The molecule has 3 atom stereocenters. The average molecular weight is 329 g/mol. The summed E-state index contributed by atoms with van der Waals surface area (Å²) >= 11 is 3.38. The SMILES string of the molecule is CO[C@H]1CC[C@H](OC(=O)c2ccccc2)[C@@H](CBr)O1. The fraction of sp³-hybridized carbons (Fsp3) is 0.500. The van der Waals surface area contributed by atoms with Crippen molar-refractivity contribution in [1.82, 2.24) is 0 Å². The third-order valence-electron chi connectivity index (χ3n) is 3.11. The van der Waals surface area contributed by atoms with Crippen LogP contribution in [0.4, 0.5) is 0 Å². The minimum atomic E-state index is -0.309. The highest BCUT2D eigenvalue weighted by Gasteiger charge is 2.33. The molecule has 1 saturated heterocycles. The number of hydrogen-bond donors (Lipinski definition) is 0. The second-order valence-corrected chi connectivity index (χ2v) is 5.03. The number of carbonyl (C=O) groups is 1. The van der Waals surface area contributed by atoms with Gasteiger partial charge in [-0.3, -0.25) is 0 Å². The van der Waals surface area contributed by atoms with E-state index in [-0.39, 0.29) is 24.5 Å². The Labute approximate surface area is 121 Å². The van der Waals surface area contributed by atoms with Gasteiger partial charge in [0.2, 0.25) is 0 Å². The molecule has 1 aliphatic rings. The first kappa shape index (κ1) is 14.5. The Kier molecular flexibility index (Phi) is 5.36. The van der Waals surface area contributed by atoms with Crippen LogP contribution in [0.15, 0.2) is 30.3 Å². The van der Waals surface area contributed by atoms with Gasteiger partial charge in [0, 0.05) is 18.9 Å². The van der Waals surface area contributed by atoms with Gasteiger partial charge in [0.25, 0.3) is 0 Å². The molecule has 0 spiro atoms. The van der Waals surface area contributed by atoms with Crippen LogP contribution in [-0.2, 0) is 14.2 Å². The standard InChI is InChI=1S/C14H17BrO4/c1-17-13-8-7-11(12(9-15)18-13)19-14(16)10-5-3-2-4-6-10/h2-6,11-13H,7-9H2,1H3/t11-,12+,13+/m0/s1. The second kappa shape index (κ2) is 7.03. The number of carbonyl (C=O) groups excluding carboxylic acids is 1. The average Bonchev–Trinajstić information content (AvgIpc) is 2.48. The lowest BCUT2D eigenvalue weighted by molar-refractivity contribution is -0.204. The van der Waals surface area contributed by atoms with Crippen molar-refractivity contribution in [3.63, 3.8) is 0 Å². The van der Waals surface area contributed by atoms with Gasteiger partial charge in [-0.05, 0) is 18.6 Å². The quantitative estimate of drug-likeness (QED) is 0.629. The van der Waals surface area contributed by atoms with Gasteiger partial charge in [-0.25, -0.2) is 4.79 Å². The lowest BCUT2D eigenvalue weighted by Gasteiger charge is -2.34. The van der Waals surface area contributed by atoms with Gasteiger partial charge in [0.1, 0.15) is 12.2 Å². The summed E-state index contributed by atoms with van der Waals surface area (Å²) in [7, 11) is 1.62. The van der Waals surface area contributed by atoms with Gasteiger partial charge in [-0.2, -0.15) is 0 Å². The van der Waals surface area contributed by atoms with Crippen LogP contribution in [0.3, 0.4) is 0 Å². The van der Waals surface area contributed by atoms with Crippen molar-refractivity contribution >= 4 is 21.9 Å². The molecule has 1 aromatic carbocycles. The smallest absolute Gasteiger partial charge is 0.338 e. The van der Waals surface area contributed by atoms with Crippen LogP contribution >= 0.6 is 15.9 Å². The minimum Gasteiger partial charge on any atom is -0.456 e. The fourth-order valence-electron chi connectivity index (χ4n) is 2.06. The molecule has 1 aromatic rings. The highest BCUT2D eigenvalue weighted by atomic mass is 79.9. The number of alkyl halides is 1. The van der Waals surface area contributed by atoms with Crippen molar-refractivity contribution in [3.05, 3.63) is 35.9 Å². The van der Waals surface area contributed by atoms with Crippen molar-refractivity contribution in [2.75, 3.05) is 12.4 Å². The Morgan fingerprint density at radius 3 is 2.74 bits per heavy atom. The number of rotatable bonds is 4. The Bertz CT molecular complexity index is 409. The summed E-state index contributed by atoms with van der Waals surface area (Å²) in [6.07, 6.45) is 0.846. The van der Waals surface area contributed by atoms with E-state index in [9.17, 15) is 4.79 Å². The van der Waals surface area contributed by atoms with Crippen molar-refractivity contribution < 1.29 is 19.0 Å². The molecule has 0 N–H and O–H groups in total. The topological polar surface area (TPSA) is 44.8 Å². The fourth-order valence-corrected chi connectivity index (χ4v) is 2.63. The molecule has 4 nitrogen and oxygen atoms in total. The van der Waals surface area contributed by atoms with E-state index in [4.69, 9.17) is 14.2 Å². The van der Waals surface area contributed by atoms with Crippen LogP contribution in [0.5, 0.6) is 0 Å². The first-order valence-corrected chi connectivity index (χ1v) is 7.37. The van der Waals surface area contributed by atoms with Gasteiger partial charge >= 0.3 is 5.97 Å². The van der Waals surface area contributed by atoms with E-state index in [1.807, 2.05) is 18.2 Å². The zero-order valence-corrected chi connectivity index (χ0v) is 12.3. The van der Waals surface area contributed by atoms with E-state index in [2.05, 4.69) is 15.9 Å². The summed E-state index contributed by atoms with van der Waals surface area (Å²) in [5.74, 6) is -0.309. The first-order chi connectivity index (χ1) is 9.24. The number of benzene rings is 1. The van der Waals surface area contributed by atoms with Crippen LogP contribution in [0.25, 0.3) is 0 Å². The molecule has 1 aliphatic heterocycles. The Balaban J connectivity index is 1.96. The third kappa shape index (κ3) is 3.78. The predicted octanol–water partition coefficient (Wildman–Crippen LogP) is 2.76. The zero-order chi connectivity index (χ0) is 13.7. The molecule has 0 saturated carbocycles. The van der Waals surface area contributed by atoms with E-state index in [0.29, 0.717) is 10.9 Å². The van der Waals surface area contributed by atoms with Gasteiger partial charge < -0.3 is 14.2 Å². The normalized spacial score (nSPS) is 26.9. The van der Waals surface area contributed by atoms with Crippen LogP contribution in [0.1, 0.15) is 23.2 Å². The summed E-state index contributed by atoms with van der Waals surface area (Å²) in [6.45, 7) is 0. The maximum Gasteiger partial charge on any atom is 0.338 e. The summed E-state index contributed by atoms with van der Waals surface area (Å²) in [5, 5.41) is 0.611. The monoisotopic (exact) mass is 328 g/mol. The van der Waals surface area contributed by atoms with E-state index < -0.39 is 0 Å². The van der Waals surface area contributed by atoms with Gasteiger partial charge in [0.15, 0.2) is 6.29 Å². The first-order valence-electron chi connectivity index (χ1n) is 6.25. The molecule has 0 unspecified atom stereocenters. The van der Waals surface area contributed by atoms with Crippen LogP contribution in [-0.4, -0.2) is 36.9 Å². The van der Waals surface area contributed by atoms with Crippen molar-refractivity contribution in [2.24, 2.45) is 0 Å². The molecule has 104 valence electrons. The molecule has 5 heteroatoms. The lowest BCUT2D eigenvalue weighted by Crippen LogP contribution is -2.43. The molecule has 1 fully saturated rings. The zero-order valence-electron chi connectivity index (χ0n) is 10.8. The largest absolute Gasteiger partial charge is 0.456 e. The van der Waals surface area contributed by atoms with Crippen LogP contribution in [0, 0.1) is 0 Å². The maximum atomic E-state index is 12.0. The van der Waals surface area contributed by atoms with Crippen molar-refractivity contribution in [1.29, 1.82) is 0 Å². The van der Waals surface area contributed by atoms with Crippen LogP contribution < -0.4 is 0 Å². The molecule has 19 heavy (non-hydrogen) atoms. The van der Waals surface area contributed by atoms with Gasteiger partial charge in [0.05, 0.1) is 5.56 Å². The highest BCUT2D eigenvalue weighted by Crippen LogP contribution is 2.24. The Morgan fingerprint density at radius 2 is 2.11 bits per heavy atom. The summed E-state index contributed by atoms with van der Waals surface area (Å²) in [6, 6.07) is 8.99. The molecule has 0 aromatic heterocycles. The third-order valence-corrected chi connectivity index (χ3v) is 3.75. The highest BCUT2D eigenvalue weighted by molar-refractivity contribution is 9.09. The predicted molar refractivity (Wildman–Crippen MR) is 74.3 cm³/mol. The molecule has 0 bridgehead atoms. The number of hydrogen-bond acceptors (Lipinski definition) is 4. The number of methoxy groups -OCH3 is 1. The number of esters is 1. The van der Waals surface area contributed by atoms with E-state index >= 15 is 0 Å². The summed E-state index contributed by atoms with van der Waals surface area (Å²) in [5.41, 5.74) is 0.560. The van der Waals surface area contributed by atoms with Gasteiger partial charge in [-0.15, -0.1) is 0 Å². The molecule has 2 rings (SSSR count). The molecular formula is C14H17BrO4. The molecular weight excluding hydrogens is 312 g/mol. The molecule has 0 amide bonds. The van der Waals surface area contributed by atoms with E-state index in [1.165, 1.54) is 0 Å². The second-order valence-electron chi connectivity index (χ2n) is 4.38. The van der Waals surface area contributed by atoms with Gasteiger partial charge in [-0.1, -0.05) is 34.1 Å². The summed E-state index contributed by atoms with van der Waals surface area (Å²) in [4.78, 5) is 12.0. The summed E-state index contributed by atoms with van der Waals surface area (Å²) < 4.78 is 16.4. The lowest BCUT2D eigenvalue weighted by atomic mass is 10.1. The van der Waals surface area contributed by atoms with Crippen LogP contribution in [0.2, 0.25) is 0 Å². The number of halogens is 1.